The van der Waals surface area contributed by atoms with Crippen LogP contribution in [0.3, 0.4) is 0 Å². The maximum Gasteiger partial charge on any atom is 0.397 e. The normalized spacial score (nSPS) is 44.1. The summed E-state index contributed by atoms with van der Waals surface area (Å²) in [5, 5.41) is 24.3. The van der Waals surface area contributed by atoms with Crippen LogP contribution in [0.1, 0.15) is 85.0 Å². The molecule has 0 spiro atoms. The van der Waals surface area contributed by atoms with Crippen LogP contribution in [0.4, 0.5) is 0 Å². The van der Waals surface area contributed by atoms with Crippen LogP contribution in [-0.4, -0.2) is 54.5 Å². The van der Waals surface area contributed by atoms with Gasteiger partial charge in [0, 0.05) is 13.0 Å². The van der Waals surface area contributed by atoms with Crippen LogP contribution in [0, 0.1) is 46.3 Å². The van der Waals surface area contributed by atoms with E-state index in [-0.39, 0.29) is 42.1 Å². The summed E-state index contributed by atoms with van der Waals surface area (Å²) >= 11 is 0. The number of fused-ring (bicyclic) bond motifs is 5. The zero-order valence-corrected chi connectivity index (χ0v) is 22.3. The third kappa shape index (κ3) is 5.44. The molecule has 0 aromatic rings. The summed E-state index contributed by atoms with van der Waals surface area (Å²) in [4.78, 5) is 12.2. The molecule has 10 atom stereocenters. The molecule has 0 bridgehead atoms. The second kappa shape index (κ2) is 10.2. The lowest BCUT2D eigenvalue weighted by atomic mass is 9.43. The molecular formula is C26H45NO7S. The molecule has 0 unspecified atom stereocenters. The molecule has 4 fully saturated rings. The van der Waals surface area contributed by atoms with Gasteiger partial charge in [0.1, 0.15) is 0 Å². The zero-order chi connectivity index (χ0) is 25.6. The highest BCUT2D eigenvalue weighted by atomic mass is 32.3. The quantitative estimate of drug-likeness (QED) is 0.288. The summed E-state index contributed by atoms with van der Waals surface area (Å²) in [6.07, 6.45) is 8.87. The molecule has 1 amide bonds. The minimum atomic E-state index is -4.48. The largest absolute Gasteiger partial charge is 0.397 e. The van der Waals surface area contributed by atoms with E-state index in [2.05, 4.69) is 30.3 Å². The molecule has 4 N–H and O–H groups in total. The predicted octanol–water partition coefficient (Wildman–Crippen LogP) is 3.33. The summed E-state index contributed by atoms with van der Waals surface area (Å²) in [7, 11) is -4.48. The second-order valence-corrected chi connectivity index (χ2v) is 13.7. The number of hydrogen-bond acceptors (Lipinski definition) is 6. The van der Waals surface area contributed by atoms with Gasteiger partial charge in [0.15, 0.2) is 0 Å². The highest BCUT2D eigenvalue weighted by Crippen LogP contribution is 2.68. The van der Waals surface area contributed by atoms with Gasteiger partial charge < -0.3 is 15.5 Å². The van der Waals surface area contributed by atoms with Crippen molar-refractivity contribution in [1.29, 1.82) is 0 Å². The number of aliphatic hydroxyl groups excluding tert-OH is 2. The zero-order valence-electron chi connectivity index (χ0n) is 21.5. The van der Waals surface area contributed by atoms with E-state index in [9.17, 15) is 23.4 Å². The number of carbonyl (C=O) groups is 1. The molecule has 4 rings (SSSR count). The van der Waals surface area contributed by atoms with Gasteiger partial charge in [-0.25, -0.2) is 4.18 Å². The smallest absolute Gasteiger partial charge is 0.393 e. The lowest BCUT2D eigenvalue weighted by Gasteiger charge is -2.62. The first kappa shape index (κ1) is 27.3. The van der Waals surface area contributed by atoms with Crippen LogP contribution in [0.25, 0.3) is 0 Å². The summed E-state index contributed by atoms with van der Waals surface area (Å²) in [5.74, 6) is 2.58. The Morgan fingerprint density at radius 2 is 1.74 bits per heavy atom. The molecule has 0 aromatic carbocycles. The fourth-order valence-electron chi connectivity index (χ4n) is 9.16. The number of carbonyl (C=O) groups excluding carboxylic acids is 1. The molecule has 0 radical (unpaired) electrons. The minimum Gasteiger partial charge on any atom is -0.393 e. The Kier molecular flexibility index (Phi) is 7.95. The van der Waals surface area contributed by atoms with Crippen molar-refractivity contribution >= 4 is 16.3 Å². The van der Waals surface area contributed by atoms with E-state index >= 15 is 0 Å². The van der Waals surface area contributed by atoms with Gasteiger partial charge in [-0.3, -0.25) is 9.35 Å². The van der Waals surface area contributed by atoms with E-state index in [1.54, 1.807) is 0 Å². The molecule has 9 heteroatoms. The van der Waals surface area contributed by atoms with E-state index in [4.69, 9.17) is 4.55 Å². The highest BCUT2D eigenvalue weighted by Gasteiger charge is 2.62. The highest BCUT2D eigenvalue weighted by molar-refractivity contribution is 7.80. The van der Waals surface area contributed by atoms with Crippen molar-refractivity contribution in [2.24, 2.45) is 46.3 Å². The Hall–Kier alpha value is -0.740. The first-order chi connectivity index (χ1) is 16.3. The van der Waals surface area contributed by atoms with Gasteiger partial charge in [-0.05, 0) is 104 Å². The SMILES string of the molecule is C[C@H](CCC(=O)NCCOS(=O)(=O)O)[C@@H]1CC[C@@H]2[C@H]3[C@H](O)C[C@H]4C[C@@H](O)CC[C@]4(C)[C@@H]3CC[C@@]21C. The topological polar surface area (TPSA) is 133 Å². The fraction of sp³-hybridized carbons (Fsp3) is 0.962. The summed E-state index contributed by atoms with van der Waals surface area (Å²) in [5.41, 5.74) is 0.407. The molecule has 35 heavy (non-hydrogen) atoms. The van der Waals surface area contributed by atoms with E-state index in [1.807, 2.05) is 0 Å². The van der Waals surface area contributed by atoms with Crippen LogP contribution >= 0.6 is 0 Å². The van der Waals surface area contributed by atoms with Gasteiger partial charge in [-0.1, -0.05) is 20.8 Å². The van der Waals surface area contributed by atoms with Crippen molar-refractivity contribution in [3.63, 3.8) is 0 Å². The van der Waals surface area contributed by atoms with Crippen molar-refractivity contribution in [1.82, 2.24) is 5.32 Å². The van der Waals surface area contributed by atoms with Gasteiger partial charge in [0.05, 0.1) is 18.8 Å². The Morgan fingerprint density at radius 1 is 1.06 bits per heavy atom. The average molecular weight is 516 g/mol. The lowest BCUT2D eigenvalue weighted by molar-refractivity contribution is -0.174. The third-order valence-electron chi connectivity index (χ3n) is 10.9. The van der Waals surface area contributed by atoms with Gasteiger partial charge in [0.25, 0.3) is 0 Å². The molecule has 4 saturated carbocycles. The number of amides is 1. The van der Waals surface area contributed by atoms with Crippen molar-refractivity contribution in [3.05, 3.63) is 0 Å². The van der Waals surface area contributed by atoms with E-state index in [0.717, 1.165) is 51.4 Å². The van der Waals surface area contributed by atoms with E-state index in [0.29, 0.717) is 41.9 Å². The van der Waals surface area contributed by atoms with E-state index in [1.165, 1.54) is 6.42 Å². The first-order valence-corrected chi connectivity index (χ1v) is 15.0. The Labute approximate surface area is 210 Å². The predicted molar refractivity (Wildman–Crippen MR) is 132 cm³/mol. The molecule has 8 nitrogen and oxygen atoms in total. The van der Waals surface area contributed by atoms with Crippen molar-refractivity contribution in [2.45, 2.75) is 97.2 Å². The molecule has 4 aliphatic rings. The summed E-state index contributed by atoms with van der Waals surface area (Å²) in [6.45, 7) is 6.86. The van der Waals surface area contributed by atoms with Crippen molar-refractivity contribution in [3.8, 4) is 0 Å². The Bertz CT molecular complexity index is 881. The van der Waals surface area contributed by atoms with E-state index < -0.39 is 10.4 Å². The van der Waals surface area contributed by atoms with Crippen LogP contribution in [0.15, 0.2) is 0 Å². The second-order valence-electron chi connectivity index (χ2n) is 12.6. The van der Waals surface area contributed by atoms with Gasteiger partial charge in [-0.2, -0.15) is 8.42 Å². The van der Waals surface area contributed by atoms with Gasteiger partial charge >= 0.3 is 10.4 Å². The van der Waals surface area contributed by atoms with Crippen molar-refractivity contribution in [2.75, 3.05) is 13.2 Å². The molecular weight excluding hydrogens is 470 g/mol. The minimum absolute atomic E-state index is 0.0357. The molecule has 0 saturated heterocycles. The maximum absolute atomic E-state index is 12.2. The molecule has 0 aromatic heterocycles. The molecule has 202 valence electrons. The van der Waals surface area contributed by atoms with Crippen LogP contribution in [-0.2, 0) is 19.4 Å². The van der Waals surface area contributed by atoms with Crippen LogP contribution in [0.2, 0.25) is 0 Å². The van der Waals surface area contributed by atoms with Crippen molar-refractivity contribution < 1.29 is 32.2 Å². The average Bonchev–Trinajstić information content (AvgIpc) is 3.13. The van der Waals surface area contributed by atoms with Gasteiger partial charge in [0.2, 0.25) is 5.91 Å². The summed E-state index contributed by atoms with van der Waals surface area (Å²) < 4.78 is 34.0. The van der Waals surface area contributed by atoms with Gasteiger partial charge in [-0.15, -0.1) is 0 Å². The number of aliphatic hydroxyl groups is 2. The molecule has 0 aliphatic heterocycles. The Balaban J connectivity index is 1.35. The number of hydrogen-bond donors (Lipinski definition) is 4. The fourth-order valence-corrected chi connectivity index (χ4v) is 9.46. The first-order valence-electron chi connectivity index (χ1n) is 13.6. The Morgan fingerprint density at radius 3 is 2.46 bits per heavy atom. The number of rotatable bonds is 8. The maximum atomic E-state index is 12.2. The summed E-state index contributed by atoms with van der Waals surface area (Å²) in [6, 6.07) is 0. The molecule has 0 heterocycles. The monoisotopic (exact) mass is 515 g/mol. The number of nitrogens with one attached hydrogen (secondary N) is 1. The van der Waals surface area contributed by atoms with Crippen LogP contribution in [0.5, 0.6) is 0 Å². The van der Waals surface area contributed by atoms with Crippen LogP contribution < -0.4 is 5.32 Å². The molecule has 4 aliphatic carbocycles. The third-order valence-corrected chi connectivity index (χ3v) is 11.4. The lowest BCUT2D eigenvalue weighted by Crippen LogP contribution is -2.58. The standard InChI is InChI=1S/C26H45NO7S/c1-16(4-7-23(30)27-12-13-34-35(31,32)33)19-5-6-20-24-21(9-11-26(19,20)3)25(2)10-8-18(28)14-17(25)15-22(24)29/h16-22,24,28-29H,4-15H2,1-3H3,(H,27,30)(H,31,32,33)/t16-,17-,18+,19+,20-,21-,22-,24-,25+,26-/m1/s1.